The third-order valence-electron chi connectivity index (χ3n) is 4.57. The normalized spacial score (nSPS) is 11.6. The number of methoxy groups -OCH3 is 1. The lowest BCUT2D eigenvalue weighted by Crippen LogP contribution is -2.32. The van der Waals surface area contributed by atoms with Gasteiger partial charge in [-0.2, -0.15) is 0 Å². The van der Waals surface area contributed by atoms with E-state index in [2.05, 4.69) is 47.8 Å². The van der Waals surface area contributed by atoms with Crippen LogP contribution in [-0.2, 0) is 0 Å². The Bertz CT molecular complexity index is 990. The first-order chi connectivity index (χ1) is 12.2. The zero-order valence-electron chi connectivity index (χ0n) is 14.2. The van der Waals surface area contributed by atoms with E-state index in [-0.39, 0.29) is 0 Å². The van der Waals surface area contributed by atoms with Gasteiger partial charge in [0.1, 0.15) is 5.75 Å². The molecule has 0 aromatic heterocycles. The number of hydrogen-bond acceptors (Lipinski definition) is 2. The summed E-state index contributed by atoms with van der Waals surface area (Å²) in [7, 11) is 3.55. The third-order valence-corrected chi connectivity index (χ3v) is 4.57. The molecule has 0 unspecified atom stereocenters. The molecule has 0 atom stereocenters. The van der Waals surface area contributed by atoms with Crippen LogP contribution < -0.4 is 15.0 Å². The second kappa shape index (κ2) is 5.98. The first kappa shape index (κ1) is 15.3. The van der Waals surface area contributed by atoms with Crippen molar-refractivity contribution in [1.82, 2.24) is 0 Å². The van der Waals surface area contributed by atoms with E-state index in [1.54, 1.807) is 7.11 Å². The average Bonchev–Trinajstić information content (AvgIpc) is 3.08. The molecule has 4 nitrogen and oxygen atoms in total. The van der Waals surface area contributed by atoms with Crippen LogP contribution in [0.1, 0.15) is 11.1 Å². The largest absolute Gasteiger partial charge is 0.497 e. The van der Waals surface area contributed by atoms with Crippen molar-refractivity contribution in [1.29, 1.82) is 5.41 Å². The Balaban J connectivity index is 1.63. The van der Waals surface area contributed by atoms with E-state index in [4.69, 9.17) is 10.1 Å². The number of anilines is 2. The van der Waals surface area contributed by atoms with Gasteiger partial charge in [-0.05, 0) is 46.7 Å². The van der Waals surface area contributed by atoms with Crippen molar-refractivity contribution in [3.8, 4) is 5.75 Å². The second-order valence-corrected chi connectivity index (χ2v) is 6.04. The van der Waals surface area contributed by atoms with E-state index < -0.39 is 0 Å². The standard InChI is InChI=1S/C21H19N3O/c1-24(21(22)23-16-8-10-17(25-2)11-9-16)19-13-7-15-5-3-4-14-6-12-18(19)20(14)15/h3-13H,1-2H3,(H2,22,23). The van der Waals surface area contributed by atoms with E-state index in [0.29, 0.717) is 5.96 Å². The SMILES string of the molecule is COc1ccc(NC(=N)N(C)c2ccc3cccc4c3c2C=C4)cc1. The van der Waals surface area contributed by atoms with Crippen LogP contribution >= 0.6 is 0 Å². The molecule has 0 spiro atoms. The van der Waals surface area contributed by atoms with Crippen LogP contribution in [-0.4, -0.2) is 20.1 Å². The summed E-state index contributed by atoms with van der Waals surface area (Å²) < 4.78 is 5.17. The number of nitrogens with one attached hydrogen (secondary N) is 2. The average molecular weight is 329 g/mol. The predicted octanol–water partition coefficient (Wildman–Crippen LogP) is 4.82. The van der Waals surface area contributed by atoms with Crippen molar-refractivity contribution >= 4 is 40.3 Å². The van der Waals surface area contributed by atoms with Gasteiger partial charge in [0, 0.05) is 18.3 Å². The third kappa shape index (κ3) is 2.62. The number of ether oxygens (including phenoxy) is 1. The Morgan fingerprint density at radius 3 is 2.56 bits per heavy atom. The maximum Gasteiger partial charge on any atom is 0.199 e. The minimum absolute atomic E-state index is 0.318. The van der Waals surface area contributed by atoms with Gasteiger partial charge in [0.15, 0.2) is 5.96 Å². The molecular weight excluding hydrogens is 310 g/mol. The van der Waals surface area contributed by atoms with Gasteiger partial charge < -0.3 is 15.0 Å². The number of rotatable bonds is 3. The highest BCUT2D eigenvalue weighted by molar-refractivity contribution is 6.12. The fraction of sp³-hybridized carbons (Fsp3) is 0.0952. The highest BCUT2D eigenvalue weighted by Gasteiger charge is 2.17. The predicted molar refractivity (Wildman–Crippen MR) is 106 cm³/mol. The van der Waals surface area contributed by atoms with Crippen molar-refractivity contribution in [3.63, 3.8) is 0 Å². The van der Waals surface area contributed by atoms with E-state index in [9.17, 15) is 0 Å². The van der Waals surface area contributed by atoms with Gasteiger partial charge in [-0.25, -0.2) is 0 Å². The summed E-state index contributed by atoms with van der Waals surface area (Å²) in [6.45, 7) is 0. The topological polar surface area (TPSA) is 48.4 Å². The molecule has 0 amide bonds. The van der Waals surface area contributed by atoms with Crippen molar-refractivity contribution in [2.45, 2.75) is 0 Å². The van der Waals surface area contributed by atoms with Crippen LogP contribution in [0, 0.1) is 5.41 Å². The molecule has 4 rings (SSSR count). The van der Waals surface area contributed by atoms with Gasteiger partial charge in [0.2, 0.25) is 0 Å². The Morgan fingerprint density at radius 2 is 1.80 bits per heavy atom. The van der Waals surface area contributed by atoms with E-state index >= 15 is 0 Å². The maximum absolute atomic E-state index is 8.42. The fourth-order valence-corrected chi connectivity index (χ4v) is 3.21. The van der Waals surface area contributed by atoms with E-state index in [1.807, 2.05) is 36.2 Å². The summed E-state index contributed by atoms with van der Waals surface area (Å²) in [5, 5.41) is 14.0. The molecule has 3 aromatic carbocycles. The summed E-state index contributed by atoms with van der Waals surface area (Å²) >= 11 is 0. The lowest BCUT2D eigenvalue weighted by Gasteiger charge is -2.23. The number of benzene rings is 3. The van der Waals surface area contributed by atoms with Gasteiger partial charge in [0.05, 0.1) is 12.8 Å². The van der Waals surface area contributed by atoms with E-state index in [1.165, 1.54) is 16.3 Å². The Hall–Kier alpha value is -3.27. The highest BCUT2D eigenvalue weighted by Crippen LogP contribution is 2.37. The van der Waals surface area contributed by atoms with Crippen molar-refractivity contribution in [2.75, 3.05) is 24.4 Å². The van der Waals surface area contributed by atoms with Gasteiger partial charge in [-0.1, -0.05) is 36.4 Å². The Morgan fingerprint density at radius 1 is 1.00 bits per heavy atom. The summed E-state index contributed by atoms with van der Waals surface area (Å²) in [4.78, 5) is 1.87. The molecule has 0 saturated heterocycles. The molecule has 3 aromatic rings. The van der Waals surface area contributed by atoms with Crippen molar-refractivity contribution in [3.05, 3.63) is 65.7 Å². The van der Waals surface area contributed by atoms with Gasteiger partial charge in [0.25, 0.3) is 0 Å². The van der Waals surface area contributed by atoms with Crippen LogP contribution in [0.25, 0.3) is 22.9 Å². The maximum atomic E-state index is 8.42. The summed E-state index contributed by atoms with van der Waals surface area (Å²) in [5.41, 5.74) is 4.26. The molecule has 0 aliphatic heterocycles. The molecular formula is C21H19N3O. The molecule has 1 aliphatic rings. The molecule has 0 fully saturated rings. The summed E-state index contributed by atoms with van der Waals surface area (Å²) in [5.74, 6) is 1.12. The minimum Gasteiger partial charge on any atom is -0.497 e. The smallest absolute Gasteiger partial charge is 0.199 e. The molecule has 0 saturated carbocycles. The molecule has 124 valence electrons. The molecule has 4 heteroatoms. The van der Waals surface area contributed by atoms with Crippen LogP contribution in [0.2, 0.25) is 0 Å². The number of hydrogen-bond donors (Lipinski definition) is 2. The number of nitrogens with zero attached hydrogens (tertiary/aromatic N) is 1. The van der Waals surface area contributed by atoms with E-state index in [0.717, 1.165) is 22.7 Å². The molecule has 0 radical (unpaired) electrons. The van der Waals surface area contributed by atoms with Gasteiger partial charge in [-0.3, -0.25) is 5.41 Å². The van der Waals surface area contributed by atoms with Gasteiger partial charge >= 0.3 is 0 Å². The highest BCUT2D eigenvalue weighted by atomic mass is 16.5. The molecule has 2 N–H and O–H groups in total. The Kier molecular flexibility index (Phi) is 3.65. The first-order valence-electron chi connectivity index (χ1n) is 8.14. The minimum atomic E-state index is 0.318. The summed E-state index contributed by atoms with van der Waals surface area (Å²) in [6.07, 6.45) is 4.26. The molecule has 0 bridgehead atoms. The fourth-order valence-electron chi connectivity index (χ4n) is 3.21. The second-order valence-electron chi connectivity index (χ2n) is 6.04. The number of guanidine groups is 1. The van der Waals surface area contributed by atoms with Crippen LogP contribution in [0.5, 0.6) is 5.75 Å². The quantitative estimate of drug-likeness (QED) is 0.419. The summed E-state index contributed by atoms with van der Waals surface area (Å²) in [6, 6.07) is 18.1. The van der Waals surface area contributed by atoms with Crippen LogP contribution in [0.15, 0.2) is 54.6 Å². The lowest BCUT2D eigenvalue weighted by molar-refractivity contribution is 0.415. The monoisotopic (exact) mass is 329 g/mol. The molecule has 0 heterocycles. The molecule has 25 heavy (non-hydrogen) atoms. The Labute approximate surface area is 146 Å². The molecule has 1 aliphatic carbocycles. The zero-order valence-corrected chi connectivity index (χ0v) is 14.2. The van der Waals surface area contributed by atoms with Crippen molar-refractivity contribution < 1.29 is 4.74 Å². The van der Waals surface area contributed by atoms with Crippen molar-refractivity contribution in [2.24, 2.45) is 0 Å². The zero-order chi connectivity index (χ0) is 17.4. The first-order valence-corrected chi connectivity index (χ1v) is 8.14. The van der Waals surface area contributed by atoms with Crippen LogP contribution in [0.4, 0.5) is 11.4 Å². The van der Waals surface area contributed by atoms with Gasteiger partial charge in [-0.15, -0.1) is 0 Å². The van der Waals surface area contributed by atoms with Crippen LogP contribution in [0.3, 0.4) is 0 Å². The lowest BCUT2D eigenvalue weighted by atomic mass is 10.0.